The molecule has 124 valence electrons. The molecule has 0 aromatic carbocycles. The minimum absolute atomic E-state index is 0.0195. The number of carbonyl (C=O) groups is 2. The second-order valence-corrected chi connectivity index (χ2v) is 6.36. The van der Waals surface area contributed by atoms with Crippen LogP contribution >= 0.6 is 0 Å². The van der Waals surface area contributed by atoms with Crippen molar-refractivity contribution in [2.75, 3.05) is 20.2 Å². The van der Waals surface area contributed by atoms with E-state index in [2.05, 4.69) is 5.32 Å². The number of hydrogen-bond acceptors (Lipinski definition) is 8. The summed E-state index contributed by atoms with van der Waals surface area (Å²) in [5.41, 5.74) is -1.57. The van der Waals surface area contributed by atoms with Crippen LogP contribution in [-0.2, 0) is 28.5 Å². The van der Waals surface area contributed by atoms with E-state index in [9.17, 15) is 14.7 Å². The molecule has 2 N–H and O–H groups in total. The van der Waals surface area contributed by atoms with E-state index in [1.165, 1.54) is 7.11 Å². The van der Waals surface area contributed by atoms with Crippen LogP contribution in [0.5, 0.6) is 0 Å². The topological polar surface area (TPSA) is 103 Å². The van der Waals surface area contributed by atoms with E-state index in [0.717, 1.165) is 0 Å². The Morgan fingerprint density at radius 1 is 1.23 bits per heavy atom. The molecule has 0 aromatic heterocycles. The van der Waals surface area contributed by atoms with Crippen LogP contribution in [0.2, 0.25) is 0 Å². The summed E-state index contributed by atoms with van der Waals surface area (Å²) in [7, 11) is 1.43. The van der Waals surface area contributed by atoms with Gasteiger partial charge in [-0.1, -0.05) is 0 Å². The van der Waals surface area contributed by atoms with E-state index in [0.29, 0.717) is 0 Å². The summed E-state index contributed by atoms with van der Waals surface area (Å²) < 4.78 is 22.5. The third-order valence-electron chi connectivity index (χ3n) is 4.32. The van der Waals surface area contributed by atoms with Crippen LogP contribution < -0.4 is 5.32 Å². The Balaban J connectivity index is 1.96. The lowest BCUT2D eigenvalue weighted by atomic mass is 9.82. The van der Waals surface area contributed by atoms with E-state index in [1.54, 1.807) is 13.8 Å². The van der Waals surface area contributed by atoms with Crippen LogP contribution in [0, 0.1) is 0 Å². The molecule has 0 amide bonds. The predicted molar refractivity (Wildman–Crippen MR) is 71.9 cm³/mol. The predicted octanol–water partition coefficient (Wildman–Crippen LogP) is -1.26. The van der Waals surface area contributed by atoms with Crippen molar-refractivity contribution in [3.05, 3.63) is 0 Å². The number of aliphatic hydroxyl groups is 1. The fourth-order valence-electron chi connectivity index (χ4n) is 3.32. The minimum Gasteiger partial charge on any atom is -0.387 e. The van der Waals surface area contributed by atoms with Gasteiger partial charge >= 0.3 is 0 Å². The van der Waals surface area contributed by atoms with Crippen LogP contribution in [0.25, 0.3) is 0 Å². The van der Waals surface area contributed by atoms with E-state index >= 15 is 0 Å². The lowest BCUT2D eigenvalue weighted by Crippen LogP contribution is -2.69. The fraction of sp³-hybridized carbons (Fsp3) is 0.857. The molecule has 22 heavy (non-hydrogen) atoms. The maximum atomic E-state index is 12.5. The van der Waals surface area contributed by atoms with Crippen LogP contribution in [0.1, 0.15) is 20.3 Å². The number of fused-ring (bicyclic) bond motifs is 1. The average molecular weight is 315 g/mol. The summed E-state index contributed by atoms with van der Waals surface area (Å²) in [6.07, 6.45) is -3.83. The number of aliphatic hydroxyl groups excluding tert-OH is 1. The molecule has 0 unspecified atom stereocenters. The molecule has 3 aliphatic heterocycles. The molecule has 0 radical (unpaired) electrons. The zero-order chi connectivity index (χ0) is 16.1. The Morgan fingerprint density at radius 2 is 1.91 bits per heavy atom. The first-order valence-electron chi connectivity index (χ1n) is 7.29. The van der Waals surface area contributed by atoms with Crippen molar-refractivity contribution >= 4 is 11.6 Å². The highest BCUT2D eigenvalue weighted by Crippen LogP contribution is 2.42. The molecule has 0 aromatic rings. The Bertz CT molecular complexity index is 494. The number of carbonyl (C=O) groups excluding carboxylic acids is 2. The van der Waals surface area contributed by atoms with E-state index in [1.807, 2.05) is 0 Å². The van der Waals surface area contributed by atoms with Crippen LogP contribution in [-0.4, -0.2) is 72.9 Å². The first-order valence-corrected chi connectivity index (χ1v) is 7.29. The van der Waals surface area contributed by atoms with Crippen molar-refractivity contribution in [1.82, 2.24) is 5.32 Å². The highest BCUT2D eigenvalue weighted by atomic mass is 16.8. The Labute approximate surface area is 128 Å². The van der Waals surface area contributed by atoms with Gasteiger partial charge in [0.25, 0.3) is 0 Å². The molecule has 3 rings (SSSR count). The smallest absolute Gasteiger partial charge is 0.187 e. The molecule has 3 fully saturated rings. The lowest BCUT2D eigenvalue weighted by molar-refractivity contribution is -0.294. The Kier molecular flexibility index (Phi) is 3.87. The van der Waals surface area contributed by atoms with Crippen molar-refractivity contribution in [2.24, 2.45) is 0 Å². The normalized spacial score (nSPS) is 44.9. The number of hydrogen-bond donors (Lipinski definition) is 2. The summed E-state index contributed by atoms with van der Waals surface area (Å²) in [5.74, 6) is -1.62. The molecule has 0 saturated carbocycles. The molecule has 1 spiro atoms. The number of nitrogens with one attached hydrogen (secondary N) is 1. The number of methoxy groups -OCH3 is 1. The van der Waals surface area contributed by atoms with E-state index < -0.39 is 41.8 Å². The minimum atomic E-state index is -1.57. The second-order valence-electron chi connectivity index (χ2n) is 6.36. The maximum absolute atomic E-state index is 12.5. The summed E-state index contributed by atoms with van der Waals surface area (Å²) >= 11 is 0. The summed E-state index contributed by atoms with van der Waals surface area (Å²) in [5, 5.41) is 13.6. The largest absolute Gasteiger partial charge is 0.387 e. The Hall–Kier alpha value is -0.900. The first-order chi connectivity index (χ1) is 10.3. The summed E-state index contributed by atoms with van der Waals surface area (Å²) in [4.78, 5) is 24.1. The van der Waals surface area contributed by atoms with Crippen molar-refractivity contribution in [2.45, 2.75) is 56.3 Å². The van der Waals surface area contributed by atoms with Gasteiger partial charge in [0.15, 0.2) is 29.2 Å². The van der Waals surface area contributed by atoms with Gasteiger partial charge < -0.3 is 29.4 Å². The third kappa shape index (κ3) is 2.40. The number of rotatable bonds is 1. The van der Waals surface area contributed by atoms with Gasteiger partial charge in [0.05, 0.1) is 13.0 Å². The third-order valence-corrected chi connectivity index (χ3v) is 4.32. The van der Waals surface area contributed by atoms with Gasteiger partial charge in [0.1, 0.15) is 18.3 Å². The standard InChI is InChI=1S/C14H21NO7/c1-13(2)20-9-10(21-13)12(19-3)22-14(11(9)18)6-15-5-7(16)4-8(14)17/h9-12,15,18H,4-6H2,1-3H3/t9-,10+,11+,12+,14+/m1/s1. The zero-order valence-electron chi connectivity index (χ0n) is 12.8. The summed E-state index contributed by atoms with van der Waals surface area (Å²) in [6, 6.07) is 0. The fourth-order valence-corrected chi connectivity index (χ4v) is 3.32. The molecule has 0 bridgehead atoms. The average Bonchev–Trinajstić information content (AvgIpc) is 2.69. The molecule has 8 nitrogen and oxygen atoms in total. The van der Waals surface area contributed by atoms with E-state index in [-0.39, 0.29) is 25.3 Å². The molecule has 3 aliphatic rings. The van der Waals surface area contributed by atoms with Crippen LogP contribution in [0.15, 0.2) is 0 Å². The SMILES string of the molecule is CO[C@H]1O[C@]2(CNCC(=O)CC2=O)[C@@H](O)[C@@H]2OC(C)(C)O[C@H]12. The van der Waals surface area contributed by atoms with Gasteiger partial charge in [-0.15, -0.1) is 0 Å². The molecule has 5 atom stereocenters. The van der Waals surface area contributed by atoms with Gasteiger partial charge in [-0.3, -0.25) is 9.59 Å². The van der Waals surface area contributed by atoms with Crippen LogP contribution in [0.3, 0.4) is 0 Å². The van der Waals surface area contributed by atoms with Gasteiger partial charge in [0, 0.05) is 13.7 Å². The van der Waals surface area contributed by atoms with Crippen LogP contribution in [0.4, 0.5) is 0 Å². The van der Waals surface area contributed by atoms with Crippen molar-refractivity contribution in [3.63, 3.8) is 0 Å². The Morgan fingerprint density at radius 3 is 2.59 bits per heavy atom. The summed E-state index contributed by atoms with van der Waals surface area (Å²) in [6.45, 7) is 3.52. The first kappa shape index (κ1) is 16.0. The zero-order valence-corrected chi connectivity index (χ0v) is 12.8. The van der Waals surface area contributed by atoms with Gasteiger partial charge in [-0.05, 0) is 13.8 Å². The molecule has 3 saturated heterocycles. The quantitative estimate of drug-likeness (QED) is 0.578. The molecular formula is C14H21NO7. The van der Waals surface area contributed by atoms with Crippen molar-refractivity contribution < 1.29 is 33.6 Å². The number of ketones is 2. The van der Waals surface area contributed by atoms with Gasteiger partial charge in [0.2, 0.25) is 0 Å². The van der Waals surface area contributed by atoms with Crippen molar-refractivity contribution in [3.8, 4) is 0 Å². The molecule has 3 heterocycles. The van der Waals surface area contributed by atoms with Crippen molar-refractivity contribution in [1.29, 1.82) is 0 Å². The molecule has 8 heteroatoms. The molecular weight excluding hydrogens is 294 g/mol. The highest BCUT2D eigenvalue weighted by Gasteiger charge is 2.63. The molecule has 0 aliphatic carbocycles. The second kappa shape index (κ2) is 5.33. The highest BCUT2D eigenvalue weighted by molar-refractivity contribution is 6.05. The maximum Gasteiger partial charge on any atom is 0.187 e. The lowest BCUT2D eigenvalue weighted by Gasteiger charge is -2.46. The van der Waals surface area contributed by atoms with Gasteiger partial charge in [-0.2, -0.15) is 0 Å². The van der Waals surface area contributed by atoms with Gasteiger partial charge in [-0.25, -0.2) is 0 Å². The number of Topliss-reactive ketones (excluding diaryl/α,β-unsaturated/α-hetero) is 2. The van der Waals surface area contributed by atoms with E-state index in [4.69, 9.17) is 18.9 Å². The monoisotopic (exact) mass is 315 g/mol. The number of ether oxygens (including phenoxy) is 4.